The molecule has 0 aliphatic carbocycles. The van der Waals surface area contributed by atoms with Crippen molar-refractivity contribution < 1.29 is 43.0 Å². The van der Waals surface area contributed by atoms with Crippen LogP contribution in [0.4, 0.5) is 0 Å². The van der Waals surface area contributed by atoms with Gasteiger partial charge in [0.25, 0.3) is 0 Å². The topological polar surface area (TPSA) is 132 Å². The van der Waals surface area contributed by atoms with E-state index in [0.29, 0.717) is 13.0 Å². The van der Waals surface area contributed by atoms with Crippen LogP contribution in [0.25, 0.3) is 0 Å². The number of rotatable bonds is 42. The minimum atomic E-state index is -4.54. The molecule has 0 aliphatic rings. The van der Waals surface area contributed by atoms with Crippen molar-refractivity contribution in [2.45, 2.75) is 174 Å². The van der Waals surface area contributed by atoms with Crippen LogP contribution in [0.3, 0.4) is 0 Å². The Morgan fingerprint density at radius 2 is 0.966 bits per heavy atom. The van der Waals surface area contributed by atoms with Gasteiger partial charge in [0.2, 0.25) is 0 Å². The second kappa shape index (κ2) is 44.9. The molecular formula is C49H83O9P. The van der Waals surface area contributed by atoms with Crippen molar-refractivity contribution in [3.63, 3.8) is 0 Å². The maximum absolute atomic E-state index is 12.6. The molecule has 0 radical (unpaired) electrons. The van der Waals surface area contributed by atoms with Crippen molar-refractivity contribution in [2.24, 2.45) is 0 Å². The monoisotopic (exact) mass is 847 g/mol. The summed E-state index contributed by atoms with van der Waals surface area (Å²) in [6.45, 7) is 3.26. The molecule has 59 heavy (non-hydrogen) atoms. The first kappa shape index (κ1) is 56.4. The van der Waals surface area contributed by atoms with Crippen LogP contribution < -0.4 is 0 Å². The Bertz CT molecular complexity index is 1230. The number of unbranched alkanes of at least 4 members (excludes halogenated alkanes) is 12. The highest BCUT2D eigenvalue weighted by molar-refractivity contribution is 7.47. The average Bonchev–Trinajstić information content (AvgIpc) is 3.23. The highest BCUT2D eigenvalue weighted by atomic mass is 31.2. The van der Waals surface area contributed by atoms with Gasteiger partial charge in [0, 0.05) is 13.0 Å². The lowest BCUT2D eigenvalue weighted by Crippen LogP contribution is -2.29. The molecule has 0 saturated heterocycles. The van der Waals surface area contributed by atoms with Crippen LogP contribution >= 0.6 is 7.82 Å². The summed E-state index contributed by atoms with van der Waals surface area (Å²) in [4.78, 5) is 22.6. The molecule has 0 aliphatic heterocycles. The first-order valence-corrected chi connectivity index (χ1v) is 24.2. The first-order valence-electron chi connectivity index (χ1n) is 22.7. The van der Waals surface area contributed by atoms with Gasteiger partial charge in [0.05, 0.1) is 26.4 Å². The number of carbonyl (C=O) groups excluding carboxylic acids is 1. The maximum atomic E-state index is 12.6. The number of aliphatic hydroxyl groups is 2. The van der Waals surface area contributed by atoms with Gasteiger partial charge >= 0.3 is 13.8 Å². The quantitative estimate of drug-likeness (QED) is 0.0238. The van der Waals surface area contributed by atoms with Gasteiger partial charge in [-0.05, 0) is 96.3 Å². The van der Waals surface area contributed by atoms with Gasteiger partial charge in [-0.1, -0.05) is 156 Å². The van der Waals surface area contributed by atoms with E-state index in [1.165, 1.54) is 32.1 Å². The Hall–Kier alpha value is -2.62. The molecule has 0 amide bonds. The highest BCUT2D eigenvalue weighted by Gasteiger charge is 2.26. The number of hydrogen-bond acceptors (Lipinski definition) is 8. The van der Waals surface area contributed by atoms with Crippen molar-refractivity contribution >= 4 is 13.8 Å². The Kier molecular flexibility index (Phi) is 42.9. The molecule has 3 atom stereocenters. The van der Waals surface area contributed by atoms with Crippen LogP contribution in [-0.2, 0) is 27.9 Å². The minimum Gasteiger partial charge on any atom is -0.457 e. The zero-order valence-corrected chi connectivity index (χ0v) is 37.8. The van der Waals surface area contributed by atoms with E-state index in [1.807, 2.05) is 0 Å². The van der Waals surface area contributed by atoms with E-state index >= 15 is 0 Å². The molecule has 0 aromatic rings. The summed E-state index contributed by atoms with van der Waals surface area (Å²) in [5, 5.41) is 18.4. The molecule has 0 heterocycles. The molecule has 0 spiro atoms. The highest BCUT2D eigenvalue weighted by Crippen LogP contribution is 2.43. The number of phosphoric acid groups is 1. The lowest BCUT2D eigenvalue weighted by atomic mass is 10.1. The molecule has 10 heteroatoms. The van der Waals surface area contributed by atoms with Gasteiger partial charge in [-0.15, -0.1) is 0 Å². The number of hydrogen-bond donors (Lipinski definition) is 3. The first-order chi connectivity index (χ1) is 28.8. The third-order valence-electron chi connectivity index (χ3n) is 9.00. The Labute approximate surface area is 359 Å². The summed E-state index contributed by atoms with van der Waals surface area (Å²) in [7, 11) is -4.54. The molecule has 0 fully saturated rings. The molecular weight excluding hydrogens is 764 g/mol. The summed E-state index contributed by atoms with van der Waals surface area (Å²) in [5.74, 6) is -0.413. The summed E-state index contributed by atoms with van der Waals surface area (Å²) in [6, 6.07) is 0. The Morgan fingerprint density at radius 3 is 1.46 bits per heavy atom. The Morgan fingerprint density at radius 1 is 0.542 bits per heavy atom. The second-order valence-electron chi connectivity index (χ2n) is 14.7. The van der Waals surface area contributed by atoms with Gasteiger partial charge in [-0.3, -0.25) is 13.8 Å². The van der Waals surface area contributed by atoms with Crippen LogP contribution in [0.2, 0.25) is 0 Å². The molecule has 0 aromatic carbocycles. The molecule has 0 bridgehead atoms. The van der Waals surface area contributed by atoms with Crippen LogP contribution in [-0.4, -0.2) is 66.3 Å². The van der Waals surface area contributed by atoms with Gasteiger partial charge in [-0.25, -0.2) is 4.57 Å². The number of ether oxygens (including phenoxy) is 2. The van der Waals surface area contributed by atoms with E-state index < -0.39 is 45.8 Å². The van der Waals surface area contributed by atoms with Crippen molar-refractivity contribution in [1.29, 1.82) is 0 Å². The lowest BCUT2D eigenvalue weighted by Gasteiger charge is -2.20. The summed E-state index contributed by atoms with van der Waals surface area (Å²) < 4.78 is 33.4. The second-order valence-corrected chi connectivity index (χ2v) is 16.1. The van der Waals surface area contributed by atoms with Crippen molar-refractivity contribution in [1.82, 2.24) is 0 Å². The molecule has 0 aromatic heterocycles. The molecule has 3 N–H and O–H groups in total. The van der Waals surface area contributed by atoms with Crippen molar-refractivity contribution in [3.8, 4) is 0 Å². The average molecular weight is 847 g/mol. The number of allylic oxidation sites excluding steroid dienone is 16. The zero-order valence-electron chi connectivity index (χ0n) is 36.9. The van der Waals surface area contributed by atoms with Gasteiger partial charge in [0.15, 0.2) is 0 Å². The van der Waals surface area contributed by atoms with Crippen LogP contribution in [0, 0.1) is 0 Å². The summed E-state index contributed by atoms with van der Waals surface area (Å²) in [5.41, 5.74) is 0. The third-order valence-corrected chi connectivity index (χ3v) is 9.95. The minimum absolute atomic E-state index is 0.0143. The maximum Gasteiger partial charge on any atom is 0.472 e. The number of aliphatic hydroxyl groups excluding tert-OH is 2. The fourth-order valence-corrected chi connectivity index (χ4v) is 6.35. The van der Waals surface area contributed by atoms with E-state index in [4.69, 9.17) is 23.6 Å². The van der Waals surface area contributed by atoms with E-state index in [1.54, 1.807) is 0 Å². The van der Waals surface area contributed by atoms with Gasteiger partial charge in [-0.2, -0.15) is 0 Å². The smallest absolute Gasteiger partial charge is 0.457 e. The zero-order chi connectivity index (χ0) is 43.2. The number of carbonyl (C=O) groups is 1. The molecule has 9 nitrogen and oxygen atoms in total. The molecule has 0 rings (SSSR count). The van der Waals surface area contributed by atoms with Gasteiger partial charge < -0.3 is 24.6 Å². The summed E-state index contributed by atoms with van der Waals surface area (Å²) >= 11 is 0. The third kappa shape index (κ3) is 44.8. The standard InChI is InChI=1S/C49H83O9P/c1-3-5-7-9-11-13-15-17-19-21-22-23-24-25-26-28-30-32-34-36-38-40-42-55-45-48(46-57-59(53,54)56-44-47(51)43-50)58-49(52)41-39-37-35-33-31-29-27-20-18-16-14-12-10-8-6-4-2/h5,7,11,13-14,16-17,19-20,22-23,25-27,30,32,47-48,50-51H,3-4,6,8-10,12,15,18,21,24,28-29,31,33-46H2,1-2H3,(H,53,54)/b7-5-,13-11-,16-14-,19-17-,23-22-,26-25-,27-20-,32-30-. The van der Waals surface area contributed by atoms with Crippen molar-refractivity contribution in [3.05, 3.63) is 97.2 Å². The van der Waals surface area contributed by atoms with Crippen molar-refractivity contribution in [2.75, 3.05) is 33.0 Å². The predicted octanol–water partition coefficient (Wildman–Crippen LogP) is 12.9. The lowest BCUT2D eigenvalue weighted by molar-refractivity contribution is -0.154. The van der Waals surface area contributed by atoms with Gasteiger partial charge in [0.1, 0.15) is 12.2 Å². The normalized spacial score (nSPS) is 14.9. The van der Waals surface area contributed by atoms with E-state index in [0.717, 1.165) is 103 Å². The molecule has 338 valence electrons. The molecule has 3 unspecified atom stereocenters. The summed E-state index contributed by atoms with van der Waals surface area (Å²) in [6.07, 6.45) is 56.5. The SMILES string of the molecule is CC/C=C\C/C=C\C/C=C\C/C=C\C/C=C\C/C=C\CCCCCOCC(COP(=O)(O)OCC(O)CO)OC(=O)CCCCCCC/C=C\C/C=C\CCCCCC. The fourth-order valence-electron chi connectivity index (χ4n) is 5.56. The Balaban J connectivity index is 4.27. The fraction of sp³-hybridized carbons (Fsp3) is 0.653. The van der Waals surface area contributed by atoms with Crippen LogP contribution in [0.15, 0.2) is 97.2 Å². The van der Waals surface area contributed by atoms with E-state index in [2.05, 4.69) is 111 Å². The molecule has 0 saturated carbocycles. The largest absolute Gasteiger partial charge is 0.472 e. The van der Waals surface area contributed by atoms with Crippen LogP contribution in [0.5, 0.6) is 0 Å². The van der Waals surface area contributed by atoms with Crippen LogP contribution in [0.1, 0.15) is 162 Å². The number of esters is 1. The van der Waals surface area contributed by atoms with E-state index in [-0.39, 0.29) is 13.0 Å². The van der Waals surface area contributed by atoms with E-state index in [9.17, 15) is 19.4 Å². The predicted molar refractivity (Wildman–Crippen MR) is 246 cm³/mol. The number of phosphoric ester groups is 1.